The molecule has 0 saturated carbocycles. The van der Waals surface area contributed by atoms with Crippen LogP contribution < -0.4 is 5.73 Å². The van der Waals surface area contributed by atoms with Crippen molar-refractivity contribution in [1.29, 1.82) is 0 Å². The Hall–Kier alpha value is -0.940. The van der Waals surface area contributed by atoms with Crippen molar-refractivity contribution in [2.75, 3.05) is 0 Å². The predicted octanol–water partition coefficient (Wildman–Crippen LogP) is 3.98. The van der Waals surface area contributed by atoms with Gasteiger partial charge in [0.25, 0.3) is 0 Å². The second-order valence-corrected chi connectivity index (χ2v) is 5.57. The first-order valence-electron chi connectivity index (χ1n) is 5.83. The minimum Gasteiger partial charge on any atom is -0.324 e. The third-order valence-corrected chi connectivity index (χ3v) is 4.00. The van der Waals surface area contributed by atoms with Crippen LogP contribution in [0.1, 0.15) is 22.7 Å². The number of rotatable bonds is 3. The highest BCUT2D eigenvalue weighted by Gasteiger charge is 2.12. The van der Waals surface area contributed by atoms with E-state index in [1.807, 2.05) is 12.1 Å². The van der Waals surface area contributed by atoms with Gasteiger partial charge in [0, 0.05) is 9.61 Å². The Labute approximate surface area is 120 Å². The molecule has 0 aliphatic heterocycles. The molecule has 2 N–H and O–H groups in total. The molecule has 0 spiro atoms. The summed E-state index contributed by atoms with van der Waals surface area (Å²) in [5.74, 6) is -0.216. The van der Waals surface area contributed by atoms with Crippen molar-refractivity contribution in [2.24, 2.45) is 5.73 Å². The third-order valence-electron chi connectivity index (χ3n) is 3.06. The highest BCUT2D eigenvalue weighted by molar-refractivity contribution is 14.1. The van der Waals surface area contributed by atoms with Crippen LogP contribution in [0.4, 0.5) is 4.39 Å². The molecular formula is C15H15FIN. The highest BCUT2D eigenvalue weighted by atomic mass is 127. The van der Waals surface area contributed by atoms with E-state index in [9.17, 15) is 4.39 Å². The number of benzene rings is 2. The van der Waals surface area contributed by atoms with E-state index in [0.29, 0.717) is 0 Å². The zero-order valence-electron chi connectivity index (χ0n) is 10.2. The van der Waals surface area contributed by atoms with Crippen LogP contribution in [0.15, 0.2) is 42.5 Å². The quantitative estimate of drug-likeness (QED) is 0.829. The van der Waals surface area contributed by atoms with E-state index in [1.165, 1.54) is 23.3 Å². The van der Waals surface area contributed by atoms with Gasteiger partial charge in [0.1, 0.15) is 5.82 Å². The predicted molar refractivity (Wildman–Crippen MR) is 80.9 cm³/mol. The topological polar surface area (TPSA) is 26.0 Å². The van der Waals surface area contributed by atoms with Crippen LogP contribution >= 0.6 is 22.6 Å². The van der Waals surface area contributed by atoms with Crippen molar-refractivity contribution in [1.82, 2.24) is 0 Å². The molecule has 2 aromatic carbocycles. The second-order valence-electron chi connectivity index (χ2n) is 4.40. The van der Waals surface area contributed by atoms with Gasteiger partial charge in [0.2, 0.25) is 0 Å². The molecule has 3 heteroatoms. The second kappa shape index (κ2) is 5.80. The lowest BCUT2D eigenvalue weighted by atomic mass is 9.97. The summed E-state index contributed by atoms with van der Waals surface area (Å²) in [5.41, 5.74) is 9.70. The van der Waals surface area contributed by atoms with Gasteiger partial charge in [-0.05, 0) is 64.8 Å². The van der Waals surface area contributed by atoms with Gasteiger partial charge in [0.15, 0.2) is 0 Å². The summed E-state index contributed by atoms with van der Waals surface area (Å²) in [4.78, 5) is 0. The molecule has 0 radical (unpaired) electrons. The molecule has 0 bridgehead atoms. The molecule has 0 saturated heterocycles. The van der Waals surface area contributed by atoms with Crippen LogP contribution in [-0.4, -0.2) is 0 Å². The summed E-state index contributed by atoms with van der Waals surface area (Å²) in [6, 6.07) is 12.9. The molecule has 0 aromatic heterocycles. The molecule has 0 aliphatic carbocycles. The lowest BCUT2D eigenvalue weighted by molar-refractivity contribution is 0.622. The van der Waals surface area contributed by atoms with Crippen LogP contribution in [0.2, 0.25) is 0 Å². The van der Waals surface area contributed by atoms with Crippen molar-refractivity contribution in [2.45, 2.75) is 19.4 Å². The molecule has 0 amide bonds. The minimum absolute atomic E-state index is 0.0985. The summed E-state index contributed by atoms with van der Waals surface area (Å²) < 4.78 is 13.9. The normalized spacial score (nSPS) is 12.4. The van der Waals surface area contributed by atoms with E-state index in [1.54, 1.807) is 6.07 Å². The molecule has 18 heavy (non-hydrogen) atoms. The zero-order valence-corrected chi connectivity index (χ0v) is 12.3. The smallest absolute Gasteiger partial charge is 0.124 e. The first-order valence-corrected chi connectivity index (χ1v) is 6.91. The van der Waals surface area contributed by atoms with Gasteiger partial charge in [-0.2, -0.15) is 0 Å². The standard InChI is InChI=1S/C15H15FIN/c1-10-4-2-3-5-11(10)8-15(18)13-7-6-12(16)9-14(13)17/h2-7,9,15H,8,18H2,1H3. The van der Waals surface area contributed by atoms with Gasteiger partial charge in [-0.25, -0.2) is 4.39 Å². The van der Waals surface area contributed by atoms with Gasteiger partial charge < -0.3 is 5.73 Å². The largest absolute Gasteiger partial charge is 0.324 e. The van der Waals surface area contributed by atoms with E-state index >= 15 is 0 Å². The van der Waals surface area contributed by atoms with E-state index < -0.39 is 0 Å². The third kappa shape index (κ3) is 3.09. The summed E-state index contributed by atoms with van der Waals surface area (Å²) in [6.45, 7) is 2.08. The fraction of sp³-hybridized carbons (Fsp3) is 0.200. The summed E-state index contributed by atoms with van der Waals surface area (Å²) in [6.07, 6.45) is 0.772. The van der Waals surface area contributed by atoms with Crippen molar-refractivity contribution in [3.8, 4) is 0 Å². The van der Waals surface area contributed by atoms with E-state index in [0.717, 1.165) is 15.6 Å². The Morgan fingerprint density at radius 3 is 2.61 bits per heavy atom. The molecule has 1 nitrogen and oxygen atoms in total. The summed E-state index contributed by atoms with van der Waals surface area (Å²) in [7, 11) is 0. The van der Waals surface area contributed by atoms with Gasteiger partial charge in [-0.1, -0.05) is 30.3 Å². The summed E-state index contributed by atoms with van der Waals surface area (Å²) >= 11 is 2.13. The van der Waals surface area contributed by atoms with Crippen LogP contribution in [0.5, 0.6) is 0 Å². The van der Waals surface area contributed by atoms with Crippen LogP contribution in [0.25, 0.3) is 0 Å². The zero-order chi connectivity index (χ0) is 13.1. The van der Waals surface area contributed by atoms with Gasteiger partial charge in [-0.15, -0.1) is 0 Å². The molecule has 0 heterocycles. The van der Waals surface area contributed by atoms with E-state index in [2.05, 4.69) is 41.6 Å². The SMILES string of the molecule is Cc1ccccc1CC(N)c1ccc(F)cc1I. The first kappa shape index (κ1) is 13.5. The first-order chi connectivity index (χ1) is 8.58. The Balaban J connectivity index is 2.22. The van der Waals surface area contributed by atoms with E-state index in [-0.39, 0.29) is 11.9 Å². The number of hydrogen-bond acceptors (Lipinski definition) is 1. The van der Waals surface area contributed by atoms with Crippen molar-refractivity contribution < 1.29 is 4.39 Å². The number of aryl methyl sites for hydroxylation is 1. The van der Waals surface area contributed by atoms with E-state index in [4.69, 9.17) is 5.73 Å². The Morgan fingerprint density at radius 2 is 1.94 bits per heavy atom. The molecule has 2 aromatic rings. The minimum atomic E-state index is -0.216. The van der Waals surface area contributed by atoms with Crippen LogP contribution in [-0.2, 0) is 6.42 Å². The Bertz CT molecular complexity index is 554. The maximum Gasteiger partial charge on any atom is 0.124 e. The number of hydrogen-bond donors (Lipinski definition) is 1. The van der Waals surface area contributed by atoms with Crippen LogP contribution in [0, 0.1) is 16.3 Å². The lowest BCUT2D eigenvalue weighted by Crippen LogP contribution is -2.15. The van der Waals surface area contributed by atoms with Crippen LogP contribution in [0.3, 0.4) is 0 Å². The molecule has 2 rings (SSSR count). The lowest BCUT2D eigenvalue weighted by Gasteiger charge is -2.15. The van der Waals surface area contributed by atoms with Crippen molar-refractivity contribution in [3.05, 3.63) is 68.5 Å². The molecule has 1 unspecified atom stereocenters. The molecule has 94 valence electrons. The Kier molecular flexibility index (Phi) is 4.35. The average Bonchev–Trinajstić information content (AvgIpc) is 2.32. The van der Waals surface area contributed by atoms with Crippen molar-refractivity contribution in [3.63, 3.8) is 0 Å². The highest BCUT2D eigenvalue weighted by Crippen LogP contribution is 2.23. The maximum absolute atomic E-state index is 13.1. The summed E-state index contributed by atoms with van der Waals surface area (Å²) in [5, 5.41) is 0. The fourth-order valence-electron chi connectivity index (χ4n) is 1.99. The van der Waals surface area contributed by atoms with Gasteiger partial charge in [-0.3, -0.25) is 0 Å². The molecule has 0 aliphatic rings. The maximum atomic E-state index is 13.1. The average molecular weight is 355 g/mol. The van der Waals surface area contributed by atoms with Gasteiger partial charge in [0.05, 0.1) is 0 Å². The Morgan fingerprint density at radius 1 is 1.22 bits per heavy atom. The molecule has 0 fully saturated rings. The molecular weight excluding hydrogens is 340 g/mol. The van der Waals surface area contributed by atoms with Gasteiger partial charge >= 0.3 is 0 Å². The monoisotopic (exact) mass is 355 g/mol. The number of halogens is 2. The molecule has 1 atom stereocenters. The fourth-order valence-corrected chi connectivity index (χ4v) is 2.87. The number of nitrogens with two attached hydrogens (primary N) is 1. The van der Waals surface area contributed by atoms with Crippen molar-refractivity contribution >= 4 is 22.6 Å².